The summed E-state index contributed by atoms with van der Waals surface area (Å²) < 4.78 is 8.15. The molecule has 170 valence electrons. The van der Waals surface area contributed by atoms with Crippen LogP contribution in [0.5, 0.6) is 5.75 Å². The Bertz CT molecular complexity index is 1520. The van der Waals surface area contributed by atoms with E-state index in [4.69, 9.17) is 16.3 Å². The van der Waals surface area contributed by atoms with Crippen LogP contribution < -0.4 is 21.3 Å². The molecule has 33 heavy (non-hydrogen) atoms. The smallest absolute Gasteiger partial charge is 0.336 e. The molecule has 2 aromatic carbocycles. The molecule has 0 aliphatic heterocycles. The number of amides is 1. The number of rotatable bonds is 5. The lowest BCUT2D eigenvalue weighted by atomic mass is 10.1. The molecule has 0 fully saturated rings. The van der Waals surface area contributed by atoms with E-state index in [1.165, 1.54) is 23.0 Å². The van der Waals surface area contributed by atoms with Gasteiger partial charge in [0.2, 0.25) is 5.91 Å². The standard InChI is InChI=1S/C24H22ClN3O4S/c1-13-5-6-16(9-14(13)2)28-23(30)22-19(7-8-33-22)27(24(28)31)12-21(29)26-18-10-15(3)17(25)11-20(18)32-4/h5-11H,12H2,1-4H3,(H,26,29). The van der Waals surface area contributed by atoms with Crippen LogP contribution >= 0.6 is 22.9 Å². The largest absolute Gasteiger partial charge is 0.495 e. The van der Waals surface area contributed by atoms with Gasteiger partial charge in [-0.05, 0) is 67.1 Å². The summed E-state index contributed by atoms with van der Waals surface area (Å²) in [6, 6.07) is 10.4. The number of fused-ring (bicyclic) bond motifs is 1. The summed E-state index contributed by atoms with van der Waals surface area (Å²) in [5, 5.41) is 5.03. The van der Waals surface area contributed by atoms with Crippen molar-refractivity contribution in [2.24, 2.45) is 0 Å². The highest BCUT2D eigenvalue weighted by atomic mass is 35.5. The summed E-state index contributed by atoms with van der Waals surface area (Å²) in [7, 11) is 1.48. The highest BCUT2D eigenvalue weighted by Crippen LogP contribution is 2.31. The first-order valence-electron chi connectivity index (χ1n) is 10.2. The molecule has 2 heterocycles. The summed E-state index contributed by atoms with van der Waals surface area (Å²) in [6.07, 6.45) is 0. The van der Waals surface area contributed by atoms with Crippen LogP contribution in [0.2, 0.25) is 5.02 Å². The summed E-state index contributed by atoms with van der Waals surface area (Å²) in [5.74, 6) is -0.0259. The average Bonchev–Trinajstić information content (AvgIpc) is 3.26. The van der Waals surface area contributed by atoms with Gasteiger partial charge < -0.3 is 10.1 Å². The Hall–Kier alpha value is -3.36. The summed E-state index contributed by atoms with van der Waals surface area (Å²) in [5.41, 5.74) is 3.13. The maximum absolute atomic E-state index is 13.4. The molecule has 0 bridgehead atoms. The lowest BCUT2D eigenvalue weighted by molar-refractivity contribution is -0.116. The number of benzene rings is 2. The van der Waals surface area contributed by atoms with Crippen molar-refractivity contribution in [3.05, 3.63) is 84.3 Å². The number of hydrogen-bond acceptors (Lipinski definition) is 5. The molecule has 0 saturated heterocycles. The Kier molecular flexibility index (Phi) is 6.14. The number of ether oxygens (including phenoxy) is 1. The van der Waals surface area contributed by atoms with E-state index in [9.17, 15) is 14.4 Å². The zero-order valence-corrected chi connectivity index (χ0v) is 20.1. The minimum Gasteiger partial charge on any atom is -0.495 e. The number of carbonyl (C=O) groups is 1. The number of halogens is 1. The summed E-state index contributed by atoms with van der Waals surface area (Å²) in [4.78, 5) is 39.5. The van der Waals surface area contributed by atoms with Crippen LogP contribution in [-0.2, 0) is 11.3 Å². The van der Waals surface area contributed by atoms with Gasteiger partial charge in [0.05, 0.1) is 24.0 Å². The average molecular weight is 484 g/mol. The minimum absolute atomic E-state index is 0.276. The lowest BCUT2D eigenvalue weighted by Crippen LogP contribution is -2.40. The first-order valence-corrected chi connectivity index (χ1v) is 11.4. The number of anilines is 1. The first kappa shape index (κ1) is 22.8. The third kappa shape index (κ3) is 4.19. The van der Waals surface area contributed by atoms with E-state index in [1.807, 2.05) is 26.8 Å². The van der Waals surface area contributed by atoms with Gasteiger partial charge >= 0.3 is 5.69 Å². The molecule has 0 radical (unpaired) electrons. The molecule has 4 rings (SSSR count). The quantitative estimate of drug-likeness (QED) is 0.455. The highest BCUT2D eigenvalue weighted by Gasteiger charge is 2.19. The van der Waals surface area contributed by atoms with Gasteiger partial charge in [-0.25, -0.2) is 9.36 Å². The Morgan fingerprint density at radius 3 is 2.52 bits per heavy atom. The maximum Gasteiger partial charge on any atom is 0.336 e. The van der Waals surface area contributed by atoms with Crippen molar-refractivity contribution in [1.29, 1.82) is 0 Å². The van der Waals surface area contributed by atoms with E-state index in [0.29, 0.717) is 32.4 Å². The first-order chi connectivity index (χ1) is 15.7. The molecule has 4 aromatic rings. The highest BCUT2D eigenvalue weighted by molar-refractivity contribution is 7.17. The van der Waals surface area contributed by atoms with Crippen molar-refractivity contribution in [3.63, 3.8) is 0 Å². The van der Waals surface area contributed by atoms with E-state index in [0.717, 1.165) is 21.3 Å². The normalized spacial score (nSPS) is 11.1. The van der Waals surface area contributed by atoms with Crippen molar-refractivity contribution in [2.75, 3.05) is 12.4 Å². The van der Waals surface area contributed by atoms with Crippen molar-refractivity contribution < 1.29 is 9.53 Å². The molecule has 1 N–H and O–H groups in total. The molecular weight excluding hydrogens is 462 g/mol. The van der Waals surface area contributed by atoms with Gasteiger partial charge in [0.25, 0.3) is 5.56 Å². The number of thiophene rings is 1. The van der Waals surface area contributed by atoms with Crippen LogP contribution in [0.4, 0.5) is 5.69 Å². The van der Waals surface area contributed by atoms with Crippen LogP contribution in [-0.4, -0.2) is 22.2 Å². The van der Waals surface area contributed by atoms with E-state index >= 15 is 0 Å². The number of methoxy groups -OCH3 is 1. The number of aromatic nitrogens is 2. The molecule has 9 heteroatoms. The molecule has 0 aliphatic rings. The van der Waals surface area contributed by atoms with E-state index in [2.05, 4.69) is 5.32 Å². The summed E-state index contributed by atoms with van der Waals surface area (Å²) >= 11 is 7.38. The van der Waals surface area contributed by atoms with Crippen LogP contribution in [0, 0.1) is 20.8 Å². The van der Waals surface area contributed by atoms with Gasteiger partial charge in [0.1, 0.15) is 17.0 Å². The van der Waals surface area contributed by atoms with Gasteiger partial charge in [0.15, 0.2) is 0 Å². The zero-order chi connectivity index (χ0) is 23.9. The SMILES string of the molecule is COc1cc(Cl)c(C)cc1NC(=O)Cn1c(=O)n(-c2ccc(C)c(C)c2)c(=O)c2sccc21. The van der Waals surface area contributed by atoms with E-state index in [1.54, 1.807) is 35.7 Å². The Morgan fingerprint density at radius 1 is 1.06 bits per heavy atom. The summed E-state index contributed by atoms with van der Waals surface area (Å²) in [6.45, 7) is 5.42. The number of carbonyl (C=O) groups excluding carboxylic acids is 1. The number of hydrogen-bond donors (Lipinski definition) is 1. The monoisotopic (exact) mass is 483 g/mol. The zero-order valence-electron chi connectivity index (χ0n) is 18.6. The molecule has 0 spiro atoms. The second-order valence-corrected chi connectivity index (χ2v) is 9.09. The van der Waals surface area contributed by atoms with E-state index in [-0.39, 0.29) is 6.54 Å². The van der Waals surface area contributed by atoms with Crippen molar-refractivity contribution in [1.82, 2.24) is 9.13 Å². The maximum atomic E-state index is 13.4. The number of nitrogens with zero attached hydrogens (tertiary/aromatic N) is 2. The van der Waals surface area contributed by atoms with Crippen LogP contribution in [0.15, 0.2) is 51.4 Å². The fourth-order valence-electron chi connectivity index (χ4n) is 3.60. The minimum atomic E-state index is -0.580. The van der Waals surface area contributed by atoms with Gasteiger partial charge in [-0.15, -0.1) is 11.3 Å². The second-order valence-electron chi connectivity index (χ2n) is 7.76. The molecule has 2 aromatic heterocycles. The molecule has 7 nitrogen and oxygen atoms in total. The number of aryl methyl sites for hydroxylation is 3. The molecule has 0 aliphatic carbocycles. The molecule has 0 atom stereocenters. The predicted octanol–water partition coefficient (Wildman–Crippen LogP) is 4.44. The van der Waals surface area contributed by atoms with Gasteiger partial charge in [-0.3, -0.25) is 14.2 Å². The van der Waals surface area contributed by atoms with Crippen LogP contribution in [0.3, 0.4) is 0 Å². The second kappa shape index (κ2) is 8.88. The third-order valence-corrected chi connectivity index (χ3v) is 6.86. The van der Waals surface area contributed by atoms with Crippen LogP contribution in [0.1, 0.15) is 16.7 Å². The molecule has 1 amide bonds. The third-order valence-electron chi connectivity index (χ3n) is 5.56. The van der Waals surface area contributed by atoms with Gasteiger partial charge in [-0.2, -0.15) is 0 Å². The van der Waals surface area contributed by atoms with Crippen LogP contribution in [0.25, 0.3) is 15.9 Å². The number of nitrogens with one attached hydrogen (secondary N) is 1. The Balaban J connectivity index is 1.79. The van der Waals surface area contributed by atoms with Crippen molar-refractivity contribution in [2.45, 2.75) is 27.3 Å². The molecule has 0 saturated carbocycles. The van der Waals surface area contributed by atoms with Gasteiger partial charge in [-0.1, -0.05) is 17.7 Å². The Labute approximate surface area is 198 Å². The fourth-order valence-corrected chi connectivity index (χ4v) is 4.57. The fraction of sp³-hybridized carbons (Fsp3) is 0.208. The lowest BCUT2D eigenvalue weighted by Gasteiger charge is -2.15. The van der Waals surface area contributed by atoms with Crippen molar-refractivity contribution in [3.8, 4) is 11.4 Å². The molecular formula is C24H22ClN3O4S. The predicted molar refractivity (Wildman–Crippen MR) is 133 cm³/mol. The Morgan fingerprint density at radius 2 is 1.82 bits per heavy atom. The van der Waals surface area contributed by atoms with Gasteiger partial charge in [0, 0.05) is 11.1 Å². The topological polar surface area (TPSA) is 82.3 Å². The van der Waals surface area contributed by atoms with Crippen molar-refractivity contribution >= 4 is 44.7 Å². The van der Waals surface area contributed by atoms with E-state index < -0.39 is 17.2 Å². The molecule has 0 unspecified atom stereocenters.